The van der Waals surface area contributed by atoms with E-state index in [2.05, 4.69) is 15.8 Å². The summed E-state index contributed by atoms with van der Waals surface area (Å²) >= 11 is 7.21. The molecule has 31 heavy (non-hydrogen) atoms. The molecule has 0 saturated carbocycles. The minimum absolute atomic E-state index is 0.232. The number of thiophene rings is 1. The average molecular weight is 462 g/mol. The molecule has 0 aliphatic heterocycles. The summed E-state index contributed by atoms with van der Waals surface area (Å²) in [4.78, 5) is 38.4. The Hall–Kier alpha value is -2.71. The largest absolute Gasteiger partial charge is 0.462 e. The summed E-state index contributed by atoms with van der Waals surface area (Å²) in [6, 6.07) is 6.94. The summed E-state index contributed by atoms with van der Waals surface area (Å²) in [5, 5.41) is 7.49. The number of anilines is 1. The van der Waals surface area contributed by atoms with Crippen LogP contribution in [0.15, 0.2) is 29.4 Å². The first kappa shape index (κ1) is 23.0. The quantitative estimate of drug-likeness (QED) is 0.228. The first-order valence-electron chi connectivity index (χ1n) is 10.1. The number of halogens is 1. The van der Waals surface area contributed by atoms with Gasteiger partial charge in [0.2, 0.25) is 0 Å². The molecule has 164 valence electrons. The number of carbonyl (C=O) groups excluding carboxylic acids is 3. The molecule has 9 heteroatoms. The summed E-state index contributed by atoms with van der Waals surface area (Å²) in [6.07, 6.45) is 4.70. The highest BCUT2D eigenvalue weighted by molar-refractivity contribution is 7.17. The minimum atomic E-state index is -0.924. The molecule has 2 amide bonds. The molecule has 0 bridgehead atoms. The predicted octanol–water partition coefficient (Wildman–Crippen LogP) is 4.33. The number of rotatable bonds is 5. The van der Waals surface area contributed by atoms with Gasteiger partial charge in [0.25, 0.3) is 0 Å². The molecule has 0 atom stereocenters. The van der Waals surface area contributed by atoms with E-state index in [1.807, 2.05) is 0 Å². The van der Waals surface area contributed by atoms with Crippen LogP contribution in [-0.2, 0) is 27.2 Å². The van der Waals surface area contributed by atoms with Gasteiger partial charge in [-0.3, -0.25) is 9.59 Å². The zero-order valence-corrected chi connectivity index (χ0v) is 19.0. The van der Waals surface area contributed by atoms with Crippen LogP contribution in [-0.4, -0.2) is 30.1 Å². The molecule has 0 saturated heterocycles. The van der Waals surface area contributed by atoms with Gasteiger partial charge >= 0.3 is 17.8 Å². The van der Waals surface area contributed by atoms with E-state index >= 15 is 0 Å². The van der Waals surface area contributed by atoms with Gasteiger partial charge in [-0.2, -0.15) is 5.10 Å². The summed E-state index contributed by atoms with van der Waals surface area (Å²) in [5.74, 6) is -2.30. The third-order valence-electron chi connectivity index (χ3n) is 4.92. The third-order valence-corrected chi connectivity index (χ3v) is 6.38. The lowest BCUT2D eigenvalue weighted by molar-refractivity contribution is -0.136. The highest BCUT2D eigenvalue weighted by Crippen LogP contribution is 2.38. The van der Waals surface area contributed by atoms with Crippen LogP contribution in [0.25, 0.3) is 0 Å². The molecule has 1 heterocycles. The van der Waals surface area contributed by atoms with Crippen molar-refractivity contribution in [2.75, 3.05) is 11.9 Å². The average Bonchev–Trinajstić information content (AvgIpc) is 2.92. The van der Waals surface area contributed by atoms with Crippen molar-refractivity contribution in [3.05, 3.63) is 50.9 Å². The molecule has 0 spiro atoms. The van der Waals surface area contributed by atoms with E-state index in [0.29, 0.717) is 21.3 Å². The molecule has 2 aromatic rings. The van der Waals surface area contributed by atoms with Gasteiger partial charge in [0.05, 0.1) is 17.9 Å². The second-order valence-electron chi connectivity index (χ2n) is 7.09. The van der Waals surface area contributed by atoms with E-state index in [4.69, 9.17) is 16.3 Å². The van der Waals surface area contributed by atoms with Crippen LogP contribution < -0.4 is 10.7 Å². The summed E-state index contributed by atoms with van der Waals surface area (Å²) < 4.78 is 5.20. The fourth-order valence-electron chi connectivity index (χ4n) is 3.35. The molecule has 0 fully saturated rings. The van der Waals surface area contributed by atoms with Gasteiger partial charge in [0.1, 0.15) is 5.00 Å². The zero-order chi connectivity index (χ0) is 22.4. The van der Waals surface area contributed by atoms with Crippen LogP contribution >= 0.6 is 22.9 Å². The minimum Gasteiger partial charge on any atom is -0.462 e. The van der Waals surface area contributed by atoms with E-state index < -0.39 is 17.8 Å². The number of nitrogens with one attached hydrogen (secondary N) is 2. The lowest BCUT2D eigenvalue weighted by Crippen LogP contribution is -2.33. The topological polar surface area (TPSA) is 96.9 Å². The predicted molar refractivity (Wildman–Crippen MR) is 122 cm³/mol. The smallest absolute Gasteiger partial charge is 0.341 e. The standard InChI is InChI=1S/C22H24ClN3O4S/c1-3-30-22(29)18-16-7-5-4-6-8-17(16)31-21(18)24-19(27)20(28)26-25-13(2)14-9-11-15(23)12-10-14/h9-12H,3-8H2,1-2H3,(H,24,27)(H,26,28). The molecule has 1 aliphatic rings. The lowest BCUT2D eigenvalue weighted by atomic mass is 10.1. The highest BCUT2D eigenvalue weighted by atomic mass is 35.5. The van der Waals surface area contributed by atoms with Crippen molar-refractivity contribution in [1.29, 1.82) is 0 Å². The molecule has 0 radical (unpaired) electrons. The number of nitrogens with zero attached hydrogens (tertiary/aromatic N) is 1. The van der Waals surface area contributed by atoms with E-state index in [-0.39, 0.29) is 6.61 Å². The van der Waals surface area contributed by atoms with Gasteiger partial charge in [0, 0.05) is 9.90 Å². The maximum absolute atomic E-state index is 12.6. The molecule has 7 nitrogen and oxygen atoms in total. The first-order valence-corrected chi connectivity index (χ1v) is 11.3. The molecule has 1 aliphatic carbocycles. The Morgan fingerprint density at radius 2 is 1.81 bits per heavy atom. The van der Waals surface area contributed by atoms with Crippen molar-refractivity contribution >= 4 is 51.4 Å². The Morgan fingerprint density at radius 1 is 1.10 bits per heavy atom. The number of esters is 1. The van der Waals surface area contributed by atoms with Gasteiger partial charge in [-0.1, -0.05) is 30.2 Å². The third kappa shape index (κ3) is 5.71. The van der Waals surface area contributed by atoms with Crippen LogP contribution in [0, 0.1) is 0 Å². The number of benzene rings is 1. The Labute approximate surface area is 189 Å². The SMILES string of the molecule is CCOC(=O)c1c(NC(=O)C(=O)NN=C(C)c2ccc(Cl)cc2)sc2c1CCCCC2. The Bertz CT molecular complexity index is 1010. The Kier molecular flexibility index (Phi) is 7.81. The second-order valence-corrected chi connectivity index (χ2v) is 8.63. The van der Waals surface area contributed by atoms with Crippen molar-refractivity contribution in [2.45, 2.75) is 46.0 Å². The molecule has 2 N–H and O–H groups in total. The van der Waals surface area contributed by atoms with E-state index in [1.54, 1.807) is 38.1 Å². The fraction of sp³-hybridized carbons (Fsp3) is 0.364. The number of hydrogen-bond acceptors (Lipinski definition) is 6. The van der Waals surface area contributed by atoms with Gasteiger partial charge in [-0.25, -0.2) is 10.2 Å². The summed E-state index contributed by atoms with van der Waals surface area (Å²) in [7, 11) is 0. The highest BCUT2D eigenvalue weighted by Gasteiger charge is 2.27. The number of aryl methyl sites for hydroxylation is 1. The fourth-order valence-corrected chi connectivity index (χ4v) is 4.75. The van der Waals surface area contributed by atoms with E-state index in [9.17, 15) is 14.4 Å². The van der Waals surface area contributed by atoms with Gasteiger partial charge in [-0.15, -0.1) is 11.3 Å². The summed E-state index contributed by atoms with van der Waals surface area (Å²) in [6.45, 7) is 3.67. The second kappa shape index (κ2) is 10.5. The van der Waals surface area contributed by atoms with Crippen molar-refractivity contribution in [3.63, 3.8) is 0 Å². The van der Waals surface area contributed by atoms with Gasteiger partial charge < -0.3 is 10.1 Å². The number of carbonyl (C=O) groups is 3. The normalized spacial score (nSPS) is 13.7. The van der Waals surface area contributed by atoms with Crippen LogP contribution in [0.4, 0.5) is 5.00 Å². The Morgan fingerprint density at radius 3 is 2.52 bits per heavy atom. The molecule has 3 rings (SSSR count). The number of hydrazone groups is 1. The van der Waals surface area contributed by atoms with Crippen molar-refractivity contribution < 1.29 is 19.1 Å². The maximum atomic E-state index is 12.6. The Balaban J connectivity index is 1.74. The molecular weight excluding hydrogens is 438 g/mol. The molecule has 1 aromatic carbocycles. The monoisotopic (exact) mass is 461 g/mol. The van der Waals surface area contributed by atoms with Crippen LogP contribution in [0.1, 0.15) is 59.5 Å². The van der Waals surface area contributed by atoms with E-state index in [1.165, 1.54) is 11.3 Å². The van der Waals surface area contributed by atoms with Crippen molar-refractivity contribution in [3.8, 4) is 0 Å². The van der Waals surface area contributed by atoms with Crippen LogP contribution in [0.5, 0.6) is 0 Å². The molecule has 1 aromatic heterocycles. The maximum Gasteiger partial charge on any atom is 0.341 e. The van der Waals surface area contributed by atoms with Crippen LogP contribution in [0.2, 0.25) is 5.02 Å². The molecular formula is C22H24ClN3O4S. The number of amides is 2. The number of fused-ring (bicyclic) bond motifs is 1. The van der Waals surface area contributed by atoms with Gasteiger partial charge in [0.15, 0.2) is 0 Å². The molecule has 0 unspecified atom stereocenters. The number of hydrogen-bond donors (Lipinski definition) is 2. The number of ether oxygens (including phenoxy) is 1. The zero-order valence-electron chi connectivity index (χ0n) is 17.4. The van der Waals surface area contributed by atoms with Crippen molar-refractivity contribution in [2.24, 2.45) is 5.10 Å². The summed E-state index contributed by atoms with van der Waals surface area (Å²) in [5.41, 5.74) is 4.83. The van der Waals surface area contributed by atoms with Crippen molar-refractivity contribution in [1.82, 2.24) is 5.43 Å². The lowest BCUT2D eigenvalue weighted by Gasteiger charge is -2.08. The first-order chi connectivity index (χ1) is 14.9. The van der Waals surface area contributed by atoms with E-state index in [0.717, 1.165) is 48.1 Å². The van der Waals surface area contributed by atoms with Crippen LogP contribution in [0.3, 0.4) is 0 Å². The van der Waals surface area contributed by atoms with Gasteiger partial charge in [-0.05, 0) is 62.8 Å².